The van der Waals surface area contributed by atoms with Crippen molar-refractivity contribution in [1.82, 2.24) is 0 Å². The number of hydrogen-bond acceptors (Lipinski definition) is 4. The normalized spacial score (nSPS) is 25.4. The molecule has 1 aliphatic heterocycles. The molecule has 1 heterocycles. The summed E-state index contributed by atoms with van der Waals surface area (Å²) in [7, 11) is 0. The van der Waals surface area contributed by atoms with E-state index in [9.17, 15) is 14.4 Å². The van der Waals surface area contributed by atoms with E-state index in [1.807, 2.05) is 24.3 Å². The van der Waals surface area contributed by atoms with Crippen molar-refractivity contribution in [3.63, 3.8) is 0 Å². The second kappa shape index (κ2) is 8.70. The molecular weight excluding hydrogens is 518 g/mol. The highest BCUT2D eigenvalue weighted by Gasteiger charge is 2.67. The van der Waals surface area contributed by atoms with E-state index in [-0.39, 0.29) is 17.7 Å². The van der Waals surface area contributed by atoms with Crippen molar-refractivity contribution in [2.24, 2.45) is 11.8 Å². The highest BCUT2D eigenvalue weighted by atomic mass is 79.9. The molecule has 2 bridgehead atoms. The SMILES string of the molecule is CCCCCOC(=O)c1cccc(N2C(=O)C3C4c5ccccc5C(Br)(c5ccccc54)C3C2=O)c1. The van der Waals surface area contributed by atoms with E-state index in [0.717, 1.165) is 41.5 Å². The monoisotopic (exact) mass is 543 g/mol. The van der Waals surface area contributed by atoms with Crippen molar-refractivity contribution in [1.29, 1.82) is 0 Å². The topological polar surface area (TPSA) is 63.7 Å². The van der Waals surface area contributed by atoms with Crippen LogP contribution in [0.15, 0.2) is 72.8 Å². The van der Waals surface area contributed by atoms with E-state index >= 15 is 0 Å². The number of unbranched alkanes of at least 4 members (excludes halogenated alkanes) is 2. The Bertz CT molecular complexity index is 1350. The quantitative estimate of drug-likeness (QED) is 0.167. The molecule has 0 spiro atoms. The lowest BCUT2D eigenvalue weighted by Gasteiger charge is -2.51. The molecule has 0 radical (unpaired) electrons. The van der Waals surface area contributed by atoms with Gasteiger partial charge in [-0.2, -0.15) is 0 Å². The number of ether oxygens (including phenoxy) is 1. The minimum atomic E-state index is -0.795. The van der Waals surface area contributed by atoms with Crippen molar-refractivity contribution in [3.05, 3.63) is 101 Å². The lowest BCUT2D eigenvalue weighted by atomic mass is 9.55. The molecule has 36 heavy (non-hydrogen) atoms. The van der Waals surface area contributed by atoms with Gasteiger partial charge in [0.1, 0.15) is 0 Å². The Balaban J connectivity index is 1.40. The van der Waals surface area contributed by atoms with E-state index in [4.69, 9.17) is 4.74 Å². The Morgan fingerprint density at radius 1 is 0.917 bits per heavy atom. The first-order valence-electron chi connectivity index (χ1n) is 12.5. The van der Waals surface area contributed by atoms with Gasteiger partial charge in [0.05, 0.1) is 34.0 Å². The van der Waals surface area contributed by atoms with Crippen LogP contribution in [0.2, 0.25) is 0 Å². The molecule has 7 rings (SSSR count). The molecule has 0 aromatic heterocycles. The minimum absolute atomic E-state index is 0.199. The zero-order chi connectivity index (χ0) is 25.0. The van der Waals surface area contributed by atoms with E-state index in [1.54, 1.807) is 24.3 Å². The Hall–Kier alpha value is -3.25. The second-order valence-electron chi connectivity index (χ2n) is 9.77. The number of esters is 1. The van der Waals surface area contributed by atoms with Crippen LogP contribution in [0.1, 0.15) is 64.7 Å². The lowest BCUT2D eigenvalue weighted by molar-refractivity contribution is -0.122. The van der Waals surface area contributed by atoms with Crippen molar-refractivity contribution in [2.45, 2.75) is 36.4 Å². The molecule has 2 unspecified atom stereocenters. The number of carbonyl (C=O) groups is 3. The number of carbonyl (C=O) groups excluding carboxylic acids is 3. The Morgan fingerprint density at radius 2 is 1.58 bits per heavy atom. The third-order valence-electron chi connectivity index (χ3n) is 7.84. The van der Waals surface area contributed by atoms with Crippen LogP contribution in [-0.4, -0.2) is 24.4 Å². The molecular formula is C30H26BrNO4. The Labute approximate surface area is 218 Å². The molecule has 3 aromatic rings. The summed E-state index contributed by atoms with van der Waals surface area (Å²) < 4.78 is 4.61. The van der Waals surface area contributed by atoms with E-state index in [2.05, 4.69) is 47.1 Å². The fourth-order valence-corrected chi connectivity index (χ4v) is 7.51. The summed E-state index contributed by atoms with van der Waals surface area (Å²) in [6, 6.07) is 22.8. The highest BCUT2D eigenvalue weighted by Crippen LogP contribution is 2.66. The number of halogens is 1. The first-order valence-corrected chi connectivity index (χ1v) is 13.3. The van der Waals surface area contributed by atoms with Crippen LogP contribution in [-0.2, 0) is 18.7 Å². The molecule has 5 nitrogen and oxygen atoms in total. The molecule has 1 saturated heterocycles. The number of alkyl halides is 1. The number of hydrogen-bond donors (Lipinski definition) is 0. The third kappa shape index (κ3) is 3.16. The zero-order valence-corrected chi connectivity index (χ0v) is 21.5. The molecule has 0 N–H and O–H groups in total. The van der Waals surface area contributed by atoms with Gasteiger partial charge in [0.25, 0.3) is 0 Å². The van der Waals surface area contributed by atoms with Gasteiger partial charge in [0.15, 0.2) is 0 Å². The predicted octanol–water partition coefficient (Wildman–Crippen LogP) is 5.94. The van der Waals surface area contributed by atoms with Crippen LogP contribution in [0.4, 0.5) is 5.69 Å². The summed E-state index contributed by atoms with van der Waals surface area (Å²) in [5, 5.41) is 0. The van der Waals surface area contributed by atoms with Crippen LogP contribution in [0, 0.1) is 11.8 Å². The Morgan fingerprint density at radius 3 is 2.25 bits per heavy atom. The van der Waals surface area contributed by atoms with Crippen molar-refractivity contribution in [3.8, 4) is 0 Å². The lowest BCUT2D eigenvalue weighted by Crippen LogP contribution is -2.50. The first kappa shape index (κ1) is 23.2. The van der Waals surface area contributed by atoms with Crippen molar-refractivity contribution >= 4 is 39.4 Å². The smallest absolute Gasteiger partial charge is 0.338 e. The first-order chi connectivity index (χ1) is 17.5. The average Bonchev–Trinajstić information content (AvgIpc) is 3.18. The summed E-state index contributed by atoms with van der Waals surface area (Å²) in [6.45, 7) is 2.44. The van der Waals surface area contributed by atoms with Gasteiger partial charge in [-0.3, -0.25) is 9.59 Å². The largest absolute Gasteiger partial charge is 0.462 e. The van der Waals surface area contributed by atoms with Crippen LogP contribution in [0.25, 0.3) is 0 Å². The summed E-state index contributed by atoms with van der Waals surface area (Å²) in [4.78, 5) is 42.0. The average molecular weight is 544 g/mol. The number of imide groups is 1. The van der Waals surface area contributed by atoms with Crippen LogP contribution in [0.3, 0.4) is 0 Å². The predicted molar refractivity (Wildman–Crippen MR) is 140 cm³/mol. The summed E-state index contributed by atoms with van der Waals surface area (Å²) in [6.07, 6.45) is 2.84. The number of benzene rings is 3. The molecule has 2 atom stereocenters. The molecule has 3 aromatic carbocycles. The fraction of sp³-hybridized carbons (Fsp3) is 0.300. The summed E-state index contributed by atoms with van der Waals surface area (Å²) in [5.74, 6) is -2.22. The molecule has 6 heteroatoms. The van der Waals surface area contributed by atoms with Gasteiger partial charge < -0.3 is 4.74 Å². The number of nitrogens with zero attached hydrogens (tertiary/aromatic N) is 1. The zero-order valence-electron chi connectivity index (χ0n) is 19.9. The summed E-state index contributed by atoms with van der Waals surface area (Å²) >= 11 is 4.01. The van der Waals surface area contributed by atoms with E-state index < -0.39 is 22.1 Å². The molecule has 182 valence electrons. The molecule has 3 aliphatic carbocycles. The van der Waals surface area contributed by atoms with Gasteiger partial charge in [-0.05, 0) is 46.9 Å². The van der Waals surface area contributed by atoms with Gasteiger partial charge >= 0.3 is 5.97 Å². The summed E-state index contributed by atoms with van der Waals surface area (Å²) in [5.41, 5.74) is 5.00. The third-order valence-corrected chi connectivity index (χ3v) is 9.18. The number of rotatable bonds is 6. The van der Waals surface area contributed by atoms with Crippen LogP contribution >= 0.6 is 15.9 Å². The second-order valence-corrected chi connectivity index (χ2v) is 11.0. The standard InChI is InChI=1S/C30H26BrNO4/c1-2-3-8-16-36-29(35)18-10-9-11-19(17-18)32-27(33)25-24-20-12-4-6-14-22(20)30(31,26(25)28(32)34)23-15-7-5-13-21(23)24/h4-7,9-15,17,24-26H,2-3,8,16H2,1H3. The molecule has 4 aliphatic rings. The van der Waals surface area contributed by atoms with E-state index in [0.29, 0.717) is 17.9 Å². The van der Waals surface area contributed by atoms with Gasteiger partial charge in [-0.15, -0.1) is 0 Å². The van der Waals surface area contributed by atoms with Crippen molar-refractivity contribution in [2.75, 3.05) is 11.5 Å². The van der Waals surface area contributed by atoms with Crippen LogP contribution < -0.4 is 4.90 Å². The molecule has 0 saturated carbocycles. The van der Waals surface area contributed by atoms with Gasteiger partial charge in [-0.1, -0.05) is 90.3 Å². The number of amides is 2. The van der Waals surface area contributed by atoms with Gasteiger partial charge in [-0.25, -0.2) is 9.69 Å². The minimum Gasteiger partial charge on any atom is -0.462 e. The number of anilines is 1. The molecule has 2 amide bonds. The maximum absolute atomic E-state index is 14.0. The van der Waals surface area contributed by atoms with E-state index in [1.165, 1.54) is 4.90 Å². The van der Waals surface area contributed by atoms with Gasteiger partial charge in [0.2, 0.25) is 11.8 Å². The van der Waals surface area contributed by atoms with Crippen LogP contribution in [0.5, 0.6) is 0 Å². The maximum Gasteiger partial charge on any atom is 0.338 e. The fourth-order valence-electron chi connectivity index (χ4n) is 6.31. The van der Waals surface area contributed by atoms with Gasteiger partial charge in [0, 0.05) is 5.92 Å². The Kier molecular flexibility index (Phi) is 5.60. The maximum atomic E-state index is 14.0. The van der Waals surface area contributed by atoms with Crippen molar-refractivity contribution < 1.29 is 19.1 Å². The molecule has 1 fully saturated rings. The highest BCUT2D eigenvalue weighted by molar-refractivity contribution is 9.09.